The fourth-order valence-corrected chi connectivity index (χ4v) is 5.40. The Bertz CT molecular complexity index is 1130. The molecule has 172 valence electrons. The molecule has 5 rings (SSSR count). The first-order valence-electron chi connectivity index (χ1n) is 11.6. The number of pyridine rings is 1. The van der Waals surface area contributed by atoms with Crippen LogP contribution in [0.25, 0.3) is 0 Å². The van der Waals surface area contributed by atoms with E-state index in [-0.39, 0.29) is 17.4 Å². The lowest BCUT2D eigenvalue weighted by Crippen LogP contribution is -2.60. The highest BCUT2D eigenvalue weighted by Crippen LogP contribution is 2.56. The summed E-state index contributed by atoms with van der Waals surface area (Å²) >= 11 is 0. The van der Waals surface area contributed by atoms with Gasteiger partial charge in [-0.1, -0.05) is 6.42 Å². The van der Waals surface area contributed by atoms with Crippen molar-refractivity contribution in [2.75, 3.05) is 36.0 Å². The van der Waals surface area contributed by atoms with Crippen LogP contribution in [0.2, 0.25) is 0 Å². The number of carbonyl (C=O) groups excluding carboxylic acids is 1. The molecule has 1 atom stereocenters. The Morgan fingerprint density at radius 3 is 2.64 bits per heavy atom. The third kappa shape index (κ3) is 3.49. The zero-order chi connectivity index (χ0) is 23.4. The molecule has 3 aliphatic rings. The van der Waals surface area contributed by atoms with Gasteiger partial charge in [0.1, 0.15) is 23.8 Å². The van der Waals surface area contributed by atoms with Gasteiger partial charge in [0, 0.05) is 49.4 Å². The summed E-state index contributed by atoms with van der Waals surface area (Å²) in [7, 11) is 0. The smallest absolute Gasteiger partial charge is 0.242 e. The Morgan fingerprint density at radius 1 is 1.24 bits per heavy atom. The lowest BCUT2D eigenvalue weighted by molar-refractivity contribution is -0.138. The number of anilines is 3. The zero-order valence-corrected chi connectivity index (χ0v) is 19.5. The van der Waals surface area contributed by atoms with Crippen LogP contribution in [0, 0.1) is 11.3 Å². The van der Waals surface area contributed by atoms with E-state index in [4.69, 9.17) is 10.7 Å². The molecular weight excluding hydrogens is 416 g/mol. The molecule has 9 nitrogen and oxygen atoms in total. The fourth-order valence-electron chi connectivity index (χ4n) is 5.40. The normalized spacial score (nSPS) is 21.5. The maximum Gasteiger partial charge on any atom is 0.242 e. The van der Waals surface area contributed by atoms with Crippen LogP contribution in [0.3, 0.4) is 0 Å². The van der Waals surface area contributed by atoms with Crippen molar-refractivity contribution in [1.29, 1.82) is 5.26 Å². The van der Waals surface area contributed by atoms with Crippen molar-refractivity contribution in [2.24, 2.45) is 5.73 Å². The van der Waals surface area contributed by atoms with Crippen molar-refractivity contribution in [3.63, 3.8) is 0 Å². The number of amides is 1. The maximum atomic E-state index is 12.8. The second-order valence-electron chi connectivity index (χ2n) is 10.1. The average molecular weight is 447 g/mol. The molecule has 0 radical (unpaired) electrons. The van der Waals surface area contributed by atoms with Gasteiger partial charge in [-0.25, -0.2) is 15.0 Å². The first-order chi connectivity index (χ1) is 15.7. The van der Waals surface area contributed by atoms with Crippen molar-refractivity contribution < 1.29 is 4.79 Å². The standard InChI is InChI=1S/C24H30N8O/c1-16-13-30(9-10-31(16)22(33)23(2,3)26)20-19-21(29-15-28-20)32(14-24(19)6-4-7-24)18-11-17(12-25)5-8-27-18/h5,8,11,15-16H,4,6-7,9-10,13-14,26H2,1-3H3. The molecule has 1 amide bonds. The molecule has 9 heteroatoms. The predicted molar refractivity (Wildman–Crippen MR) is 125 cm³/mol. The number of nitriles is 1. The number of aromatic nitrogens is 3. The fraction of sp³-hybridized carbons (Fsp3) is 0.542. The number of hydrogen-bond donors (Lipinski definition) is 1. The van der Waals surface area contributed by atoms with Crippen LogP contribution in [0.15, 0.2) is 24.7 Å². The van der Waals surface area contributed by atoms with Gasteiger partial charge in [0.25, 0.3) is 0 Å². The largest absolute Gasteiger partial charge is 0.352 e. The molecule has 0 bridgehead atoms. The Balaban J connectivity index is 1.49. The van der Waals surface area contributed by atoms with Crippen LogP contribution >= 0.6 is 0 Å². The molecule has 1 spiro atoms. The van der Waals surface area contributed by atoms with E-state index in [1.165, 1.54) is 12.0 Å². The van der Waals surface area contributed by atoms with Crippen LogP contribution in [-0.2, 0) is 10.2 Å². The molecule has 2 aliphatic heterocycles. The summed E-state index contributed by atoms with van der Waals surface area (Å²) in [5, 5.41) is 9.35. The molecule has 2 N–H and O–H groups in total. The van der Waals surface area contributed by atoms with Crippen molar-refractivity contribution >= 4 is 23.4 Å². The highest BCUT2D eigenvalue weighted by Gasteiger charge is 2.51. The first-order valence-corrected chi connectivity index (χ1v) is 11.6. The summed E-state index contributed by atoms with van der Waals surface area (Å²) in [6.07, 6.45) is 6.66. The van der Waals surface area contributed by atoms with Gasteiger partial charge in [0.05, 0.1) is 17.2 Å². The van der Waals surface area contributed by atoms with Crippen LogP contribution in [-0.4, -0.2) is 63.5 Å². The minimum absolute atomic E-state index is 0.00565. The Morgan fingerprint density at radius 2 is 2.00 bits per heavy atom. The molecule has 1 saturated heterocycles. The van der Waals surface area contributed by atoms with E-state index >= 15 is 0 Å². The molecule has 4 heterocycles. The highest BCUT2D eigenvalue weighted by molar-refractivity contribution is 5.86. The molecule has 1 aliphatic carbocycles. The second-order valence-corrected chi connectivity index (χ2v) is 10.1. The average Bonchev–Trinajstić information content (AvgIpc) is 3.14. The van der Waals surface area contributed by atoms with E-state index in [1.807, 2.05) is 11.0 Å². The van der Waals surface area contributed by atoms with Crippen molar-refractivity contribution in [3.8, 4) is 6.07 Å². The number of carbonyl (C=O) groups is 1. The lowest BCUT2D eigenvalue weighted by Gasteiger charge is -2.45. The monoisotopic (exact) mass is 446 g/mol. The topological polar surface area (TPSA) is 115 Å². The molecule has 2 aromatic rings. The number of fused-ring (bicyclic) bond motifs is 2. The Labute approximate surface area is 194 Å². The minimum atomic E-state index is -0.881. The van der Waals surface area contributed by atoms with E-state index in [2.05, 4.69) is 32.8 Å². The van der Waals surface area contributed by atoms with Gasteiger partial charge in [0.15, 0.2) is 0 Å². The predicted octanol–water partition coefficient (Wildman–Crippen LogP) is 2.09. The third-order valence-electron chi connectivity index (χ3n) is 7.25. The maximum absolute atomic E-state index is 12.8. The van der Waals surface area contributed by atoms with E-state index in [9.17, 15) is 10.1 Å². The summed E-state index contributed by atoms with van der Waals surface area (Å²) in [4.78, 5) is 33.1. The van der Waals surface area contributed by atoms with Gasteiger partial charge < -0.3 is 20.4 Å². The van der Waals surface area contributed by atoms with E-state index in [0.29, 0.717) is 25.2 Å². The van der Waals surface area contributed by atoms with E-state index in [0.717, 1.165) is 36.8 Å². The molecule has 2 fully saturated rings. The lowest BCUT2D eigenvalue weighted by atomic mass is 9.66. The summed E-state index contributed by atoms with van der Waals surface area (Å²) in [5.74, 6) is 2.58. The van der Waals surface area contributed by atoms with Crippen molar-refractivity contribution in [3.05, 3.63) is 35.8 Å². The SMILES string of the molecule is CC1CN(c2ncnc3c2C2(CCC2)CN3c2cc(C#N)ccn2)CCN1C(=O)C(C)(C)N. The highest BCUT2D eigenvalue weighted by atomic mass is 16.2. The van der Waals surface area contributed by atoms with Crippen LogP contribution in [0.5, 0.6) is 0 Å². The van der Waals surface area contributed by atoms with Gasteiger partial charge in [-0.2, -0.15) is 5.26 Å². The van der Waals surface area contributed by atoms with Crippen molar-refractivity contribution in [2.45, 2.75) is 57.0 Å². The number of rotatable bonds is 3. The minimum Gasteiger partial charge on any atom is -0.352 e. The summed E-state index contributed by atoms with van der Waals surface area (Å²) in [6, 6.07) is 5.78. The Hall–Kier alpha value is -3.25. The number of nitrogens with zero attached hydrogens (tertiary/aromatic N) is 7. The van der Waals surface area contributed by atoms with Gasteiger partial charge in [-0.3, -0.25) is 4.79 Å². The second kappa shape index (κ2) is 7.66. The first kappa shape index (κ1) is 21.6. The van der Waals surface area contributed by atoms with Crippen molar-refractivity contribution in [1.82, 2.24) is 19.9 Å². The summed E-state index contributed by atoms with van der Waals surface area (Å²) < 4.78 is 0. The zero-order valence-electron chi connectivity index (χ0n) is 19.5. The van der Waals surface area contributed by atoms with Crippen LogP contribution < -0.4 is 15.5 Å². The number of nitrogens with two attached hydrogens (primary N) is 1. The molecule has 0 aromatic carbocycles. The molecular formula is C24H30N8O. The van der Waals surface area contributed by atoms with Crippen LogP contribution in [0.4, 0.5) is 17.5 Å². The van der Waals surface area contributed by atoms with Gasteiger partial charge in [-0.15, -0.1) is 0 Å². The number of piperazine rings is 1. The van der Waals surface area contributed by atoms with Gasteiger partial charge >= 0.3 is 0 Å². The Kier molecular flexibility index (Phi) is 5.01. The third-order valence-corrected chi connectivity index (χ3v) is 7.25. The van der Waals surface area contributed by atoms with Crippen LogP contribution in [0.1, 0.15) is 51.2 Å². The summed E-state index contributed by atoms with van der Waals surface area (Å²) in [6.45, 7) is 8.40. The van der Waals surface area contributed by atoms with Gasteiger partial charge in [0.2, 0.25) is 5.91 Å². The van der Waals surface area contributed by atoms with E-state index < -0.39 is 5.54 Å². The molecule has 2 aromatic heterocycles. The van der Waals surface area contributed by atoms with E-state index in [1.54, 1.807) is 32.4 Å². The molecule has 1 saturated carbocycles. The quantitative estimate of drug-likeness (QED) is 0.762. The molecule has 1 unspecified atom stereocenters. The summed E-state index contributed by atoms with van der Waals surface area (Å²) in [5.41, 5.74) is 6.98. The number of hydrogen-bond acceptors (Lipinski definition) is 8. The van der Waals surface area contributed by atoms with Gasteiger partial charge in [-0.05, 0) is 45.7 Å². The molecule has 33 heavy (non-hydrogen) atoms.